The molecule has 1 fully saturated rings. The van der Waals surface area contributed by atoms with Gasteiger partial charge in [-0.15, -0.1) is 11.3 Å². The Labute approximate surface area is 106 Å². The molecule has 94 valence electrons. The lowest BCUT2D eigenvalue weighted by Gasteiger charge is -2.19. The van der Waals surface area contributed by atoms with E-state index in [1.807, 2.05) is 11.8 Å². The first kappa shape index (κ1) is 12.5. The number of nitrogens with zero attached hydrogens (tertiary/aromatic N) is 2. The molecule has 4 nitrogen and oxygen atoms in total. The number of thiazole rings is 1. The second-order valence-corrected chi connectivity index (χ2v) is 5.72. The summed E-state index contributed by atoms with van der Waals surface area (Å²) in [4.78, 5) is 18.2. The quantitative estimate of drug-likeness (QED) is 0.881. The molecule has 2 N–H and O–H groups in total. The molecule has 0 aliphatic carbocycles. The Morgan fingerprint density at radius 1 is 1.71 bits per heavy atom. The van der Waals surface area contributed by atoms with Crippen molar-refractivity contribution in [2.24, 2.45) is 11.7 Å². The van der Waals surface area contributed by atoms with Gasteiger partial charge in [0.25, 0.3) is 0 Å². The largest absolute Gasteiger partial charge is 0.342 e. The summed E-state index contributed by atoms with van der Waals surface area (Å²) in [6.45, 7) is 6.30. The molecule has 1 aliphatic heterocycles. The minimum Gasteiger partial charge on any atom is -0.342 e. The molecular formula is C12H19N3OS. The average Bonchev–Trinajstić information content (AvgIpc) is 2.86. The molecule has 1 saturated heterocycles. The van der Waals surface area contributed by atoms with Crippen molar-refractivity contribution in [2.75, 3.05) is 19.6 Å². The first-order valence-electron chi connectivity index (χ1n) is 6.00. The summed E-state index contributed by atoms with van der Waals surface area (Å²) >= 11 is 1.68. The van der Waals surface area contributed by atoms with Crippen LogP contribution in [-0.2, 0) is 4.79 Å². The molecule has 0 radical (unpaired) electrons. The normalized spacial score (nSPS) is 22.2. The molecule has 1 aliphatic rings. The summed E-state index contributed by atoms with van der Waals surface area (Å²) < 4.78 is 0. The lowest BCUT2D eigenvalue weighted by Crippen LogP contribution is -2.30. The highest BCUT2D eigenvalue weighted by Crippen LogP contribution is 2.24. The standard InChI is InChI=1S/C12H19N3OS/c1-8(12-14-9(2)7-17-12)5-15-6-10(4-13)3-11(15)16/h7-8,10H,3-6,13H2,1-2H3. The van der Waals surface area contributed by atoms with Crippen molar-refractivity contribution in [2.45, 2.75) is 26.2 Å². The molecule has 2 heterocycles. The number of hydrogen-bond donors (Lipinski definition) is 1. The van der Waals surface area contributed by atoms with Gasteiger partial charge in [-0.1, -0.05) is 6.92 Å². The number of aryl methyl sites for hydroxylation is 1. The SMILES string of the molecule is Cc1csc(C(C)CN2CC(CN)CC2=O)n1. The van der Waals surface area contributed by atoms with E-state index in [1.54, 1.807) is 11.3 Å². The summed E-state index contributed by atoms with van der Waals surface area (Å²) in [5.41, 5.74) is 6.67. The molecule has 5 heteroatoms. The van der Waals surface area contributed by atoms with E-state index in [9.17, 15) is 4.79 Å². The summed E-state index contributed by atoms with van der Waals surface area (Å²) in [5, 5.41) is 3.17. The maximum absolute atomic E-state index is 11.8. The molecule has 2 atom stereocenters. The first-order chi connectivity index (χ1) is 8.10. The van der Waals surface area contributed by atoms with E-state index in [4.69, 9.17) is 5.73 Å². The maximum Gasteiger partial charge on any atom is 0.222 e. The van der Waals surface area contributed by atoms with Gasteiger partial charge in [0.2, 0.25) is 5.91 Å². The van der Waals surface area contributed by atoms with Crippen molar-refractivity contribution in [3.05, 3.63) is 16.1 Å². The lowest BCUT2D eigenvalue weighted by atomic mass is 10.1. The van der Waals surface area contributed by atoms with E-state index < -0.39 is 0 Å². The molecule has 17 heavy (non-hydrogen) atoms. The highest BCUT2D eigenvalue weighted by atomic mass is 32.1. The Kier molecular flexibility index (Phi) is 3.79. The van der Waals surface area contributed by atoms with Crippen LogP contribution in [0.15, 0.2) is 5.38 Å². The van der Waals surface area contributed by atoms with Gasteiger partial charge in [0.1, 0.15) is 0 Å². The monoisotopic (exact) mass is 253 g/mol. The number of rotatable bonds is 4. The molecular weight excluding hydrogens is 234 g/mol. The maximum atomic E-state index is 11.8. The Morgan fingerprint density at radius 3 is 3.00 bits per heavy atom. The van der Waals surface area contributed by atoms with Crippen molar-refractivity contribution in [3.63, 3.8) is 0 Å². The molecule has 2 rings (SSSR count). The van der Waals surface area contributed by atoms with Gasteiger partial charge in [-0.05, 0) is 19.4 Å². The van der Waals surface area contributed by atoms with Gasteiger partial charge >= 0.3 is 0 Å². The highest BCUT2D eigenvalue weighted by molar-refractivity contribution is 7.09. The van der Waals surface area contributed by atoms with Gasteiger partial charge in [-0.3, -0.25) is 4.79 Å². The third-order valence-corrected chi connectivity index (χ3v) is 4.37. The van der Waals surface area contributed by atoms with Crippen LogP contribution in [0, 0.1) is 12.8 Å². The van der Waals surface area contributed by atoms with Crippen molar-refractivity contribution in [1.82, 2.24) is 9.88 Å². The first-order valence-corrected chi connectivity index (χ1v) is 6.88. The van der Waals surface area contributed by atoms with Crippen molar-refractivity contribution in [3.8, 4) is 0 Å². The second-order valence-electron chi connectivity index (χ2n) is 4.83. The third-order valence-electron chi connectivity index (χ3n) is 3.18. The zero-order valence-electron chi connectivity index (χ0n) is 10.3. The third kappa shape index (κ3) is 2.84. The summed E-state index contributed by atoms with van der Waals surface area (Å²) in [5.74, 6) is 0.891. The van der Waals surface area contributed by atoms with Crippen molar-refractivity contribution < 1.29 is 4.79 Å². The van der Waals surface area contributed by atoms with Crippen molar-refractivity contribution >= 4 is 17.2 Å². The summed E-state index contributed by atoms with van der Waals surface area (Å²) in [7, 11) is 0. The minimum atomic E-state index is 0.237. The minimum absolute atomic E-state index is 0.237. The number of aromatic nitrogens is 1. The van der Waals surface area contributed by atoms with Gasteiger partial charge in [-0.2, -0.15) is 0 Å². The van der Waals surface area contributed by atoms with Crippen molar-refractivity contribution in [1.29, 1.82) is 0 Å². The molecule has 0 spiro atoms. The molecule has 1 aromatic heterocycles. The Bertz CT molecular complexity index is 404. The van der Waals surface area contributed by atoms with Crippen LogP contribution in [0.25, 0.3) is 0 Å². The molecule has 0 bridgehead atoms. The topological polar surface area (TPSA) is 59.2 Å². The van der Waals surface area contributed by atoms with Crippen LogP contribution in [-0.4, -0.2) is 35.4 Å². The van der Waals surface area contributed by atoms with E-state index in [-0.39, 0.29) is 5.91 Å². The van der Waals surface area contributed by atoms with Gasteiger partial charge in [-0.25, -0.2) is 4.98 Å². The number of amides is 1. The number of hydrogen-bond acceptors (Lipinski definition) is 4. The van der Waals surface area contributed by atoms with Gasteiger partial charge in [0, 0.05) is 36.5 Å². The summed E-state index contributed by atoms with van der Waals surface area (Å²) in [6.07, 6.45) is 0.611. The number of carbonyl (C=O) groups excluding carboxylic acids is 1. The number of likely N-dealkylation sites (tertiary alicyclic amines) is 1. The molecule has 1 amide bonds. The van der Waals surface area contributed by atoms with Crippen LogP contribution in [0.5, 0.6) is 0 Å². The number of nitrogens with two attached hydrogens (primary N) is 1. The molecule has 0 saturated carbocycles. The predicted octanol–water partition coefficient (Wildman–Crippen LogP) is 1.36. The predicted molar refractivity (Wildman–Crippen MR) is 69.0 cm³/mol. The van der Waals surface area contributed by atoms with Gasteiger partial charge < -0.3 is 10.6 Å². The van der Waals surface area contributed by atoms with Crippen LogP contribution >= 0.6 is 11.3 Å². The van der Waals surface area contributed by atoms with Crippen LogP contribution < -0.4 is 5.73 Å². The van der Waals surface area contributed by atoms with E-state index >= 15 is 0 Å². The Morgan fingerprint density at radius 2 is 2.47 bits per heavy atom. The van der Waals surface area contributed by atoms with Crippen LogP contribution in [0.2, 0.25) is 0 Å². The highest BCUT2D eigenvalue weighted by Gasteiger charge is 2.29. The fourth-order valence-electron chi connectivity index (χ4n) is 2.20. The Hall–Kier alpha value is -0.940. The lowest BCUT2D eigenvalue weighted by molar-refractivity contribution is -0.127. The smallest absolute Gasteiger partial charge is 0.222 e. The van der Waals surface area contributed by atoms with E-state index in [2.05, 4.69) is 17.3 Å². The van der Waals surface area contributed by atoms with E-state index in [1.165, 1.54) is 0 Å². The molecule has 2 unspecified atom stereocenters. The zero-order valence-corrected chi connectivity index (χ0v) is 11.2. The van der Waals surface area contributed by atoms with E-state index in [0.29, 0.717) is 24.8 Å². The fraction of sp³-hybridized carbons (Fsp3) is 0.667. The molecule has 0 aromatic carbocycles. The number of carbonyl (C=O) groups is 1. The fourth-order valence-corrected chi connectivity index (χ4v) is 3.04. The van der Waals surface area contributed by atoms with Crippen LogP contribution in [0.3, 0.4) is 0 Å². The Balaban J connectivity index is 1.95. The van der Waals surface area contributed by atoms with Crippen LogP contribution in [0.4, 0.5) is 0 Å². The molecule has 1 aromatic rings. The van der Waals surface area contributed by atoms with Gasteiger partial charge in [0.15, 0.2) is 0 Å². The average molecular weight is 253 g/mol. The summed E-state index contributed by atoms with van der Waals surface area (Å²) in [6, 6.07) is 0. The van der Waals surface area contributed by atoms with E-state index in [0.717, 1.165) is 23.8 Å². The van der Waals surface area contributed by atoms with Gasteiger partial charge in [0.05, 0.1) is 5.01 Å². The second kappa shape index (κ2) is 5.14. The zero-order chi connectivity index (χ0) is 12.4. The van der Waals surface area contributed by atoms with Crippen LogP contribution in [0.1, 0.15) is 30.0 Å².